The highest BCUT2D eigenvalue weighted by molar-refractivity contribution is 6.31. The minimum Gasteiger partial charge on any atom is -0.491 e. The molecule has 0 fully saturated rings. The third kappa shape index (κ3) is 8.48. The first-order chi connectivity index (χ1) is 15.5. The van der Waals surface area contributed by atoms with Crippen molar-refractivity contribution in [3.63, 3.8) is 0 Å². The van der Waals surface area contributed by atoms with E-state index >= 15 is 0 Å². The lowest BCUT2D eigenvalue weighted by Crippen LogP contribution is -2.26. The fraction of sp³-hybridized carbons (Fsp3) is 0.250. The fourth-order valence-electron chi connectivity index (χ4n) is 2.80. The number of aliphatic hydroxyl groups excluding tert-OH is 2. The van der Waals surface area contributed by atoms with Gasteiger partial charge in [-0.3, -0.25) is 0 Å². The number of hydrogen-bond donors (Lipinski definition) is 4. The van der Waals surface area contributed by atoms with Gasteiger partial charge < -0.3 is 30.3 Å². The molecule has 8 heteroatoms. The Hall–Kier alpha value is -2.64. The van der Waals surface area contributed by atoms with Crippen LogP contribution in [0.5, 0.6) is 11.5 Å². The van der Waals surface area contributed by atoms with E-state index in [2.05, 4.69) is 10.6 Å². The monoisotopic (exact) mass is 476 g/mol. The van der Waals surface area contributed by atoms with E-state index in [1.165, 1.54) is 0 Å². The molecule has 0 amide bonds. The number of aliphatic hydroxyl groups is 2. The molecule has 0 aliphatic rings. The Kier molecular flexibility index (Phi) is 9.31. The maximum Gasteiger partial charge on any atom is 0.119 e. The molecule has 3 rings (SSSR count). The molecule has 0 saturated carbocycles. The van der Waals surface area contributed by atoms with Gasteiger partial charge in [-0.05, 0) is 60.7 Å². The molecule has 2 atom stereocenters. The molecule has 32 heavy (non-hydrogen) atoms. The number of halogens is 2. The fourth-order valence-corrected chi connectivity index (χ4v) is 3.18. The summed E-state index contributed by atoms with van der Waals surface area (Å²) in [6, 6.07) is 21.6. The lowest BCUT2D eigenvalue weighted by atomic mass is 10.3. The van der Waals surface area contributed by atoms with Crippen molar-refractivity contribution < 1.29 is 19.7 Å². The zero-order valence-corrected chi connectivity index (χ0v) is 18.9. The van der Waals surface area contributed by atoms with Crippen LogP contribution in [0.2, 0.25) is 10.0 Å². The van der Waals surface area contributed by atoms with Crippen molar-refractivity contribution in [2.24, 2.45) is 0 Å². The van der Waals surface area contributed by atoms with Crippen LogP contribution in [0.15, 0.2) is 72.8 Å². The lowest BCUT2D eigenvalue weighted by molar-refractivity contribution is 0.115. The van der Waals surface area contributed by atoms with E-state index in [0.29, 0.717) is 34.6 Å². The summed E-state index contributed by atoms with van der Waals surface area (Å²) in [6.45, 7) is 0.953. The van der Waals surface area contributed by atoms with Crippen LogP contribution in [-0.2, 0) is 0 Å². The SMILES string of the molecule is O[C@H](CNc1cccc(Cl)c1)COc1ccc(OC[C@H](O)CNc2cccc(Cl)c2)cc1. The van der Waals surface area contributed by atoms with Gasteiger partial charge in [-0.1, -0.05) is 35.3 Å². The standard InChI is InChI=1S/C24H26Cl2N2O4/c25-17-3-1-5-19(11-17)27-13-21(29)15-31-23-7-9-24(10-8-23)32-16-22(30)14-28-20-6-2-4-18(26)12-20/h1-12,21-22,27-30H,13-16H2/t21-,22-/m1/s1. The first-order valence-corrected chi connectivity index (χ1v) is 10.9. The van der Waals surface area contributed by atoms with Crippen LogP contribution < -0.4 is 20.1 Å². The number of hydrogen-bond acceptors (Lipinski definition) is 6. The molecule has 0 aromatic heterocycles. The van der Waals surface area contributed by atoms with Crippen molar-refractivity contribution in [1.82, 2.24) is 0 Å². The van der Waals surface area contributed by atoms with E-state index < -0.39 is 12.2 Å². The molecule has 0 heterocycles. The Morgan fingerprint density at radius 2 is 1.06 bits per heavy atom. The van der Waals surface area contributed by atoms with Gasteiger partial charge in [-0.2, -0.15) is 0 Å². The predicted molar refractivity (Wildman–Crippen MR) is 129 cm³/mol. The van der Waals surface area contributed by atoms with Crippen LogP contribution in [0.4, 0.5) is 11.4 Å². The molecular formula is C24H26Cl2N2O4. The van der Waals surface area contributed by atoms with Crippen molar-refractivity contribution in [3.05, 3.63) is 82.8 Å². The lowest BCUT2D eigenvalue weighted by Gasteiger charge is -2.15. The Labute approximate surface area is 197 Å². The molecule has 0 aliphatic carbocycles. The minimum absolute atomic E-state index is 0.141. The molecule has 0 spiro atoms. The summed E-state index contributed by atoms with van der Waals surface area (Å²) in [5.74, 6) is 1.23. The number of rotatable bonds is 12. The van der Waals surface area contributed by atoms with Gasteiger partial charge in [-0.15, -0.1) is 0 Å². The van der Waals surface area contributed by atoms with Crippen LogP contribution in [0, 0.1) is 0 Å². The van der Waals surface area contributed by atoms with E-state index in [4.69, 9.17) is 32.7 Å². The van der Waals surface area contributed by atoms with Gasteiger partial charge in [0.15, 0.2) is 0 Å². The van der Waals surface area contributed by atoms with E-state index in [-0.39, 0.29) is 13.2 Å². The normalized spacial score (nSPS) is 12.6. The third-order valence-corrected chi connectivity index (χ3v) is 4.91. The van der Waals surface area contributed by atoms with Gasteiger partial charge in [0.05, 0.1) is 0 Å². The van der Waals surface area contributed by atoms with E-state index in [1.54, 1.807) is 48.5 Å². The molecule has 0 aliphatic heterocycles. The maximum atomic E-state index is 10.1. The number of nitrogens with one attached hydrogen (secondary N) is 2. The van der Waals surface area contributed by atoms with E-state index in [1.807, 2.05) is 24.3 Å². The van der Waals surface area contributed by atoms with Crippen molar-refractivity contribution in [1.29, 1.82) is 0 Å². The Bertz CT molecular complexity index is 894. The summed E-state index contributed by atoms with van der Waals surface area (Å²) in [5.41, 5.74) is 1.67. The molecular weight excluding hydrogens is 451 g/mol. The summed E-state index contributed by atoms with van der Waals surface area (Å²) in [6.07, 6.45) is -1.38. The van der Waals surface area contributed by atoms with Crippen LogP contribution in [0.25, 0.3) is 0 Å². The van der Waals surface area contributed by atoms with Gasteiger partial charge in [0.2, 0.25) is 0 Å². The second-order valence-corrected chi connectivity index (χ2v) is 8.06. The van der Waals surface area contributed by atoms with Crippen molar-refractivity contribution in [2.75, 3.05) is 36.9 Å². The van der Waals surface area contributed by atoms with Crippen molar-refractivity contribution >= 4 is 34.6 Å². The number of benzene rings is 3. The van der Waals surface area contributed by atoms with Gasteiger partial charge in [0, 0.05) is 34.5 Å². The molecule has 3 aromatic carbocycles. The smallest absolute Gasteiger partial charge is 0.119 e. The van der Waals surface area contributed by atoms with Gasteiger partial charge in [0.1, 0.15) is 36.9 Å². The first-order valence-electron chi connectivity index (χ1n) is 10.2. The van der Waals surface area contributed by atoms with Gasteiger partial charge in [-0.25, -0.2) is 0 Å². The van der Waals surface area contributed by atoms with E-state index in [0.717, 1.165) is 11.4 Å². The van der Waals surface area contributed by atoms with E-state index in [9.17, 15) is 10.2 Å². The number of anilines is 2. The summed E-state index contributed by atoms with van der Waals surface area (Å²) in [7, 11) is 0. The van der Waals surface area contributed by atoms with Crippen LogP contribution >= 0.6 is 23.2 Å². The minimum atomic E-state index is -0.688. The topological polar surface area (TPSA) is 83.0 Å². The highest BCUT2D eigenvalue weighted by atomic mass is 35.5. The molecule has 3 aromatic rings. The molecule has 0 bridgehead atoms. The quantitative estimate of drug-likeness (QED) is 0.303. The summed E-state index contributed by atoms with van der Waals surface area (Å²) in [5, 5.41) is 27.7. The predicted octanol–water partition coefficient (Wildman–Crippen LogP) is 4.70. The maximum absolute atomic E-state index is 10.1. The second-order valence-electron chi connectivity index (χ2n) is 7.18. The molecule has 170 valence electrons. The second kappa shape index (κ2) is 12.4. The molecule has 0 unspecified atom stereocenters. The van der Waals surface area contributed by atoms with Gasteiger partial charge >= 0.3 is 0 Å². The molecule has 4 N–H and O–H groups in total. The summed E-state index contributed by atoms with van der Waals surface area (Å²) < 4.78 is 11.2. The molecule has 0 saturated heterocycles. The Morgan fingerprint density at radius 1 is 0.656 bits per heavy atom. The Morgan fingerprint density at radius 3 is 1.44 bits per heavy atom. The van der Waals surface area contributed by atoms with Crippen LogP contribution in [-0.4, -0.2) is 48.7 Å². The van der Waals surface area contributed by atoms with Crippen LogP contribution in [0.1, 0.15) is 0 Å². The average Bonchev–Trinajstić information content (AvgIpc) is 2.79. The zero-order valence-electron chi connectivity index (χ0n) is 17.4. The number of ether oxygens (including phenoxy) is 2. The largest absolute Gasteiger partial charge is 0.491 e. The molecule has 6 nitrogen and oxygen atoms in total. The highest BCUT2D eigenvalue weighted by Gasteiger charge is 2.08. The third-order valence-electron chi connectivity index (χ3n) is 4.44. The van der Waals surface area contributed by atoms with Crippen LogP contribution in [0.3, 0.4) is 0 Å². The van der Waals surface area contributed by atoms with Gasteiger partial charge in [0.25, 0.3) is 0 Å². The zero-order chi connectivity index (χ0) is 22.8. The summed E-state index contributed by atoms with van der Waals surface area (Å²) in [4.78, 5) is 0. The highest BCUT2D eigenvalue weighted by Crippen LogP contribution is 2.19. The van der Waals surface area contributed by atoms with Crippen molar-refractivity contribution in [3.8, 4) is 11.5 Å². The Balaban J connectivity index is 1.34. The molecule has 0 radical (unpaired) electrons. The van der Waals surface area contributed by atoms with Crippen molar-refractivity contribution in [2.45, 2.75) is 12.2 Å². The average molecular weight is 477 g/mol. The summed E-state index contributed by atoms with van der Waals surface area (Å²) >= 11 is 11.9. The first kappa shape index (κ1) is 24.0.